The Morgan fingerprint density at radius 3 is 0.880 bits per heavy atom. The third-order valence-corrected chi connectivity index (χ3v) is 2.80. The number of hydrogen-bond donors (Lipinski definition) is 0. The van der Waals surface area contributed by atoms with Gasteiger partial charge in [-0.15, -0.1) is 0 Å². The molecule has 0 aliphatic carbocycles. The summed E-state index contributed by atoms with van der Waals surface area (Å²) in [6.07, 6.45) is 1.03. The first-order valence-electron chi connectivity index (χ1n) is 9.02. The molecule has 0 aliphatic heterocycles. The summed E-state index contributed by atoms with van der Waals surface area (Å²) in [6, 6.07) is 0. The van der Waals surface area contributed by atoms with Gasteiger partial charge >= 0.3 is 0 Å². The lowest BCUT2D eigenvalue weighted by atomic mass is 10.5. The number of halogens is 1. The van der Waals surface area contributed by atoms with E-state index in [-0.39, 0.29) is 6.61 Å². The van der Waals surface area contributed by atoms with Crippen molar-refractivity contribution >= 4 is 0 Å². The highest BCUT2D eigenvalue weighted by molar-refractivity contribution is 4.37. The van der Waals surface area contributed by atoms with Gasteiger partial charge in [-0.2, -0.15) is 0 Å². The third kappa shape index (κ3) is 23.6. The fraction of sp³-hybridized carbons (Fsp3) is 1.00. The maximum Gasteiger partial charge on any atom is 0.113 e. The molecule has 0 aromatic carbocycles. The Hall–Kier alpha value is -0.350. The van der Waals surface area contributed by atoms with Crippen LogP contribution in [0.3, 0.4) is 0 Å². The molecule has 0 aromatic heterocycles. The summed E-state index contributed by atoms with van der Waals surface area (Å²) < 4.78 is 48.6. The van der Waals surface area contributed by atoms with E-state index < -0.39 is 6.67 Å². The van der Waals surface area contributed by atoms with E-state index in [4.69, 9.17) is 33.2 Å². The standard InChI is InChI=1S/C17H35FO7/c1-2-4-19-6-8-21-10-12-23-14-16-25-17-15-24-13-11-22-9-7-20-5-3-18/h2-17H2,1H3. The molecule has 0 aromatic rings. The maximum atomic E-state index is 11.7. The molecule has 152 valence electrons. The third-order valence-electron chi connectivity index (χ3n) is 2.80. The van der Waals surface area contributed by atoms with Gasteiger partial charge in [0.05, 0.1) is 85.9 Å². The van der Waals surface area contributed by atoms with Crippen LogP contribution in [-0.2, 0) is 33.2 Å². The fourth-order valence-electron chi connectivity index (χ4n) is 1.62. The summed E-state index contributed by atoms with van der Waals surface area (Å²) in [5.41, 5.74) is 0. The Bertz CT molecular complexity index is 213. The average molecular weight is 370 g/mol. The van der Waals surface area contributed by atoms with E-state index >= 15 is 0 Å². The first-order chi connectivity index (χ1) is 12.4. The Balaban J connectivity index is 2.94. The van der Waals surface area contributed by atoms with Crippen molar-refractivity contribution in [3.8, 4) is 0 Å². The van der Waals surface area contributed by atoms with Gasteiger partial charge in [-0.1, -0.05) is 6.92 Å². The van der Waals surface area contributed by atoms with Gasteiger partial charge in [0.2, 0.25) is 0 Å². The summed E-state index contributed by atoms with van der Waals surface area (Å²) >= 11 is 0. The van der Waals surface area contributed by atoms with Crippen molar-refractivity contribution in [1.29, 1.82) is 0 Å². The van der Waals surface area contributed by atoms with E-state index in [0.29, 0.717) is 79.3 Å². The van der Waals surface area contributed by atoms with Crippen molar-refractivity contribution in [2.24, 2.45) is 0 Å². The summed E-state index contributed by atoms with van der Waals surface area (Å²) in [4.78, 5) is 0. The number of hydrogen-bond acceptors (Lipinski definition) is 7. The normalized spacial score (nSPS) is 11.3. The van der Waals surface area contributed by atoms with Crippen molar-refractivity contribution in [2.45, 2.75) is 13.3 Å². The zero-order valence-corrected chi connectivity index (χ0v) is 15.5. The second-order valence-electron chi connectivity index (χ2n) is 4.98. The molecule has 0 atom stereocenters. The Labute approximate surface area is 151 Å². The van der Waals surface area contributed by atoms with Crippen molar-refractivity contribution in [3.05, 3.63) is 0 Å². The minimum absolute atomic E-state index is 0.127. The van der Waals surface area contributed by atoms with Gasteiger partial charge in [0.25, 0.3) is 0 Å². The number of alkyl halides is 1. The lowest BCUT2D eigenvalue weighted by molar-refractivity contribution is -0.0207. The van der Waals surface area contributed by atoms with Crippen LogP contribution in [0.5, 0.6) is 0 Å². The van der Waals surface area contributed by atoms with E-state index in [2.05, 4.69) is 6.92 Å². The first kappa shape index (κ1) is 24.7. The molecule has 8 heteroatoms. The van der Waals surface area contributed by atoms with Crippen LogP contribution in [0.25, 0.3) is 0 Å². The summed E-state index contributed by atoms with van der Waals surface area (Å²) in [5, 5.41) is 0. The second-order valence-corrected chi connectivity index (χ2v) is 4.98. The van der Waals surface area contributed by atoms with E-state index in [9.17, 15) is 4.39 Å². The molecule has 0 heterocycles. The van der Waals surface area contributed by atoms with Gasteiger partial charge in [-0.05, 0) is 6.42 Å². The SMILES string of the molecule is CCCOCCOCCOCCOCCOCCOCCOCCF. The Morgan fingerprint density at radius 1 is 0.400 bits per heavy atom. The molecule has 0 spiro atoms. The molecule has 0 fully saturated rings. The van der Waals surface area contributed by atoms with Crippen LogP contribution < -0.4 is 0 Å². The highest BCUT2D eigenvalue weighted by atomic mass is 19.1. The number of ether oxygens (including phenoxy) is 7. The zero-order valence-electron chi connectivity index (χ0n) is 15.5. The first-order valence-corrected chi connectivity index (χ1v) is 9.02. The van der Waals surface area contributed by atoms with Crippen LogP contribution in [-0.4, -0.2) is 99.2 Å². The van der Waals surface area contributed by atoms with Gasteiger partial charge in [0.15, 0.2) is 0 Å². The second kappa shape index (κ2) is 23.6. The van der Waals surface area contributed by atoms with Crippen LogP contribution in [0.1, 0.15) is 13.3 Å². The summed E-state index contributed by atoms with van der Waals surface area (Å²) in [6.45, 7) is 8.85. The highest BCUT2D eigenvalue weighted by Crippen LogP contribution is 1.85. The number of rotatable bonds is 22. The van der Waals surface area contributed by atoms with Gasteiger partial charge in [-0.25, -0.2) is 4.39 Å². The predicted octanol–water partition coefficient (Wildman–Crippen LogP) is 1.48. The summed E-state index contributed by atoms with van der Waals surface area (Å²) in [7, 11) is 0. The lowest BCUT2D eigenvalue weighted by Gasteiger charge is -2.08. The topological polar surface area (TPSA) is 64.6 Å². The average Bonchev–Trinajstić information content (AvgIpc) is 2.63. The smallest absolute Gasteiger partial charge is 0.113 e. The van der Waals surface area contributed by atoms with Crippen LogP contribution in [0.15, 0.2) is 0 Å². The van der Waals surface area contributed by atoms with Gasteiger partial charge in [0.1, 0.15) is 6.67 Å². The zero-order chi connectivity index (χ0) is 18.3. The molecule has 0 amide bonds. The van der Waals surface area contributed by atoms with Crippen LogP contribution in [0.2, 0.25) is 0 Å². The molecule has 0 rings (SSSR count). The van der Waals surface area contributed by atoms with Crippen molar-refractivity contribution in [2.75, 3.05) is 99.2 Å². The van der Waals surface area contributed by atoms with E-state index in [1.807, 2.05) is 0 Å². The molecule has 0 N–H and O–H groups in total. The van der Waals surface area contributed by atoms with Crippen molar-refractivity contribution in [1.82, 2.24) is 0 Å². The van der Waals surface area contributed by atoms with E-state index in [1.165, 1.54) is 0 Å². The minimum Gasteiger partial charge on any atom is -0.379 e. The Kier molecular flexibility index (Phi) is 23.3. The summed E-state index contributed by atoms with van der Waals surface area (Å²) in [5.74, 6) is 0. The molecule has 0 bridgehead atoms. The largest absolute Gasteiger partial charge is 0.379 e. The van der Waals surface area contributed by atoms with E-state index in [1.54, 1.807) is 0 Å². The van der Waals surface area contributed by atoms with Crippen LogP contribution in [0, 0.1) is 0 Å². The molecule has 0 radical (unpaired) electrons. The van der Waals surface area contributed by atoms with Gasteiger partial charge < -0.3 is 33.2 Å². The molecular weight excluding hydrogens is 335 g/mol. The van der Waals surface area contributed by atoms with Gasteiger partial charge in [0, 0.05) is 6.61 Å². The van der Waals surface area contributed by atoms with Crippen LogP contribution in [0.4, 0.5) is 4.39 Å². The van der Waals surface area contributed by atoms with Crippen molar-refractivity contribution < 1.29 is 37.5 Å². The predicted molar refractivity (Wildman–Crippen MR) is 92.0 cm³/mol. The quantitative estimate of drug-likeness (QED) is 0.268. The fourth-order valence-corrected chi connectivity index (χ4v) is 1.62. The van der Waals surface area contributed by atoms with E-state index in [0.717, 1.165) is 13.0 Å². The lowest BCUT2D eigenvalue weighted by Crippen LogP contribution is -2.14. The maximum absolute atomic E-state index is 11.7. The molecule has 0 saturated carbocycles. The van der Waals surface area contributed by atoms with Crippen molar-refractivity contribution in [3.63, 3.8) is 0 Å². The molecule has 0 saturated heterocycles. The van der Waals surface area contributed by atoms with Gasteiger partial charge in [-0.3, -0.25) is 0 Å². The monoisotopic (exact) mass is 370 g/mol. The highest BCUT2D eigenvalue weighted by Gasteiger charge is 1.94. The molecule has 7 nitrogen and oxygen atoms in total. The minimum atomic E-state index is -0.462. The molecule has 0 aliphatic rings. The van der Waals surface area contributed by atoms with Crippen LogP contribution >= 0.6 is 0 Å². The molecule has 25 heavy (non-hydrogen) atoms. The molecule has 0 unspecified atom stereocenters. The Morgan fingerprint density at radius 2 is 0.640 bits per heavy atom. The molecular formula is C17H35FO7.